The molecule has 2 saturated heterocycles. The molecule has 5 rings (SSSR count). The Morgan fingerprint density at radius 1 is 1.07 bits per heavy atom. The Kier molecular flexibility index (Phi) is 8.69. The van der Waals surface area contributed by atoms with Crippen LogP contribution in [0.4, 0.5) is 20.3 Å². The van der Waals surface area contributed by atoms with E-state index >= 15 is 0 Å². The van der Waals surface area contributed by atoms with Gasteiger partial charge in [-0.2, -0.15) is 9.37 Å². The molecule has 0 spiro atoms. The first-order valence-electron chi connectivity index (χ1n) is 14.1. The van der Waals surface area contributed by atoms with Crippen molar-refractivity contribution in [3.8, 4) is 0 Å². The van der Waals surface area contributed by atoms with Crippen LogP contribution in [0.25, 0.3) is 0 Å². The normalized spacial score (nSPS) is 21.2. The number of amides is 3. The summed E-state index contributed by atoms with van der Waals surface area (Å²) < 4.78 is 29.1. The number of benzene rings is 1. The van der Waals surface area contributed by atoms with Gasteiger partial charge < -0.3 is 30.4 Å². The van der Waals surface area contributed by atoms with Gasteiger partial charge in [-0.05, 0) is 57.1 Å². The summed E-state index contributed by atoms with van der Waals surface area (Å²) in [5.74, 6) is -3.18. The third-order valence-electron chi connectivity index (χ3n) is 7.96. The maximum Gasteiger partial charge on any atom is 0.274 e. The average Bonchev–Trinajstić information content (AvgIpc) is 3.41. The lowest BCUT2D eigenvalue weighted by atomic mass is 9.90. The molecule has 1 unspecified atom stereocenters. The molecular weight excluding hydrogens is 598 g/mol. The van der Waals surface area contributed by atoms with E-state index in [1.165, 1.54) is 50.3 Å². The molecule has 3 amide bonds. The molecule has 2 aromatic rings. The molecule has 0 saturated carbocycles. The van der Waals surface area contributed by atoms with E-state index in [0.29, 0.717) is 39.0 Å². The first kappa shape index (κ1) is 31.4. The van der Waals surface area contributed by atoms with Crippen LogP contribution in [-0.2, 0) is 9.59 Å². The molecule has 3 N–H and O–H groups in total. The average molecular weight is 631 g/mol. The summed E-state index contributed by atoms with van der Waals surface area (Å²) in [5.41, 5.74) is -2.82. The molecule has 1 atom stereocenters. The van der Waals surface area contributed by atoms with Crippen LogP contribution in [0.3, 0.4) is 0 Å². The molecule has 44 heavy (non-hydrogen) atoms. The fourth-order valence-electron chi connectivity index (χ4n) is 5.32. The van der Waals surface area contributed by atoms with E-state index in [2.05, 4.69) is 25.6 Å². The molecule has 234 valence electrons. The maximum absolute atomic E-state index is 14.6. The van der Waals surface area contributed by atoms with Crippen molar-refractivity contribution < 1.29 is 28.3 Å². The molecule has 1 aromatic heterocycles. The van der Waals surface area contributed by atoms with Gasteiger partial charge in [-0.15, -0.1) is 0 Å². The van der Waals surface area contributed by atoms with Gasteiger partial charge in [0.15, 0.2) is 11.6 Å². The highest BCUT2D eigenvalue weighted by Crippen LogP contribution is 2.28. The third-order valence-corrected chi connectivity index (χ3v) is 8.27. The maximum atomic E-state index is 14.6. The highest BCUT2D eigenvalue weighted by atomic mass is 35.5. The van der Waals surface area contributed by atoms with E-state index in [9.17, 15) is 28.3 Å². The van der Waals surface area contributed by atoms with Gasteiger partial charge in [-0.25, -0.2) is 9.38 Å². The molecule has 4 heterocycles. The second-order valence-electron chi connectivity index (χ2n) is 11.3. The molecule has 2 fully saturated rings. The lowest BCUT2D eigenvalue weighted by molar-refractivity contribution is -0.155. The smallest absolute Gasteiger partial charge is 0.274 e. The Morgan fingerprint density at radius 3 is 2.36 bits per heavy atom. The first-order valence-corrected chi connectivity index (χ1v) is 14.5. The van der Waals surface area contributed by atoms with Gasteiger partial charge in [0.1, 0.15) is 5.60 Å². The van der Waals surface area contributed by atoms with Crippen LogP contribution in [-0.4, -0.2) is 114 Å². The van der Waals surface area contributed by atoms with Gasteiger partial charge in [-0.3, -0.25) is 19.4 Å². The Morgan fingerprint density at radius 2 is 1.73 bits per heavy atom. The number of nitrogens with one attached hydrogen (secondary N) is 2. The highest BCUT2D eigenvalue weighted by Gasteiger charge is 2.41. The van der Waals surface area contributed by atoms with Crippen LogP contribution >= 0.6 is 11.6 Å². The Balaban J connectivity index is 1.21. The van der Waals surface area contributed by atoms with Gasteiger partial charge in [-0.1, -0.05) is 11.6 Å². The zero-order chi connectivity index (χ0) is 31.8. The number of hydrogen-bond acceptors (Lipinski definition) is 9. The molecule has 3 aliphatic rings. The molecule has 0 bridgehead atoms. The molecule has 0 aliphatic carbocycles. The van der Waals surface area contributed by atoms with E-state index in [-0.39, 0.29) is 58.3 Å². The first-order chi connectivity index (χ1) is 20.8. The summed E-state index contributed by atoms with van der Waals surface area (Å²) in [7, 11) is 3.06. The summed E-state index contributed by atoms with van der Waals surface area (Å²) in [6.07, 6.45) is 1.88. The number of carbonyl (C=O) groups is 3. The van der Waals surface area contributed by atoms with E-state index < -0.39 is 28.9 Å². The minimum absolute atomic E-state index is 0.0393. The lowest BCUT2D eigenvalue weighted by Gasteiger charge is -2.40. The van der Waals surface area contributed by atoms with E-state index in [0.717, 1.165) is 6.07 Å². The number of piperidine rings is 1. The Bertz CT molecular complexity index is 1550. The number of halogens is 3. The van der Waals surface area contributed by atoms with Crippen LogP contribution in [0.1, 0.15) is 35.7 Å². The second-order valence-corrected chi connectivity index (χ2v) is 11.7. The number of anilines is 2. The van der Waals surface area contributed by atoms with Gasteiger partial charge in [0, 0.05) is 46.0 Å². The molecule has 3 aliphatic heterocycles. The van der Waals surface area contributed by atoms with Crippen LogP contribution in [0.15, 0.2) is 34.3 Å². The zero-order valence-corrected chi connectivity index (χ0v) is 25.3. The number of pyridine rings is 1. The van der Waals surface area contributed by atoms with Gasteiger partial charge in [0.05, 0.1) is 28.1 Å². The number of nitrogens with zero attached hydrogens (tertiary/aromatic N) is 6. The van der Waals surface area contributed by atoms with Crippen molar-refractivity contribution in [2.45, 2.75) is 31.0 Å². The fourth-order valence-corrected chi connectivity index (χ4v) is 5.58. The van der Waals surface area contributed by atoms with E-state index in [4.69, 9.17) is 11.6 Å². The van der Waals surface area contributed by atoms with E-state index in [1.54, 1.807) is 9.80 Å². The third kappa shape index (κ3) is 6.14. The molecular formula is C29H33ClF2N8O4. The SMILES string of the molecule is CN(C)c1nc(F)c(C2=NC(C)(C(=O)Nc3ccc(C(=O)N4CCN(C(=O)C5(O)CCNCC5)CC4)c(Cl)c3)N=C2)cc1F. The van der Waals surface area contributed by atoms with Crippen LogP contribution in [0.5, 0.6) is 0 Å². The molecule has 0 radical (unpaired) electrons. The van der Waals surface area contributed by atoms with Crippen molar-refractivity contribution in [1.82, 2.24) is 20.1 Å². The van der Waals surface area contributed by atoms with Crippen molar-refractivity contribution in [3.05, 3.63) is 52.2 Å². The van der Waals surface area contributed by atoms with E-state index in [1.807, 2.05) is 0 Å². The van der Waals surface area contributed by atoms with Crippen LogP contribution in [0.2, 0.25) is 5.02 Å². The van der Waals surface area contributed by atoms with Crippen molar-refractivity contribution in [3.63, 3.8) is 0 Å². The number of aromatic nitrogens is 1. The number of rotatable bonds is 6. The minimum Gasteiger partial charge on any atom is -0.380 e. The summed E-state index contributed by atoms with van der Waals surface area (Å²) in [6, 6.07) is 5.37. The quantitative estimate of drug-likeness (QED) is 0.413. The second kappa shape index (κ2) is 12.2. The Labute approximate surface area is 257 Å². The summed E-state index contributed by atoms with van der Waals surface area (Å²) in [5, 5.41) is 16.6. The summed E-state index contributed by atoms with van der Waals surface area (Å²) >= 11 is 6.44. The monoisotopic (exact) mass is 630 g/mol. The number of piperazine rings is 1. The van der Waals surface area contributed by atoms with Crippen molar-refractivity contribution >= 4 is 52.8 Å². The predicted molar refractivity (Wildman–Crippen MR) is 162 cm³/mol. The van der Waals surface area contributed by atoms with Gasteiger partial charge in [0.25, 0.3) is 17.7 Å². The zero-order valence-electron chi connectivity index (χ0n) is 24.5. The lowest BCUT2D eigenvalue weighted by Crippen LogP contribution is -2.59. The van der Waals surface area contributed by atoms with Crippen molar-refractivity contribution in [1.29, 1.82) is 0 Å². The highest BCUT2D eigenvalue weighted by molar-refractivity contribution is 6.40. The van der Waals surface area contributed by atoms with Crippen molar-refractivity contribution in [2.75, 3.05) is 63.6 Å². The van der Waals surface area contributed by atoms with Crippen LogP contribution < -0.4 is 15.5 Å². The molecule has 1 aromatic carbocycles. The largest absolute Gasteiger partial charge is 0.380 e. The van der Waals surface area contributed by atoms with Crippen LogP contribution in [0, 0.1) is 11.8 Å². The van der Waals surface area contributed by atoms with Crippen molar-refractivity contribution in [2.24, 2.45) is 9.98 Å². The minimum atomic E-state index is -1.67. The molecule has 12 nitrogen and oxygen atoms in total. The predicted octanol–water partition coefficient (Wildman–Crippen LogP) is 1.71. The fraction of sp³-hybridized carbons (Fsp3) is 0.448. The van der Waals surface area contributed by atoms with Gasteiger partial charge in [0.2, 0.25) is 11.6 Å². The van der Waals surface area contributed by atoms with Gasteiger partial charge >= 0.3 is 0 Å². The summed E-state index contributed by atoms with van der Waals surface area (Å²) in [4.78, 5) is 55.8. The Hall–Kier alpha value is -4.01. The molecule has 15 heteroatoms. The number of hydrogen-bond donors (Lipinski definition) is 3. The topological polar surface area (TPSA) is 143 Å². The number of aliphatic hydroxyl groups is 1. The summed E-state index contributed by atoms with van der Waals surface area (Å²) in [6.45, 7) is 3.70. The number of carbonyl (C=O) groups excluding carboxylic acids is 3. The number of aliphatic imine (C=N–C) groups is 2. The standard InChI is InChI=1S/C29H33ClF2N8O4/c1-28(34-16-22(37-28)19-15-21(31)24(38(2)3)36-23(19)32)26(42)35-17-4-5-18(20(30)14-17)25(41)39-10-12-40(13-11-39)27(43)29(44)6-8-33-9-7-29/h4-5,14-16,33,44H,6-13H2,1-3H3,(H,35,42).